The van der Waals surface area contributed by atoms with Gasteiger partial charge in [0, 0.05) is 12.6 Å². The summed E-state index contributed by atoms with van der Waals surface area (Å²) in [5.41, 5.74) is 12.0. The normalized spacial score (nSPS) is 12.1. The Morgan fingerprint density at radius 3 is 3.00 bits per heavy atom. The predicted molar refractivity (Wildman–Crippen MR) is 57.0 cm³/mol. The maximum atomic E-state index is 11.3. The molecule has 0 saturated heterocycles. The maximum absolute atomic E-state index is 11.3. The Labute approximate surface area is 88.4 Å². The van der Waals surface area contributed by atoms with Gasteiger partial charge in [0.2, 0.25) is 0 Å². The lowest BCUT2D eigenvalue weighted by atomic mass is 10.1. The average molecular weight is 209 g/mol. The van der Waals surface area contributed by atoms with E-state index < -0.39 is 12.0 Å². The van der Waals surface area contributed by atoms with E-state index >= 15 is 0 Å². The van der Waals surface area contributed by atoms with Crippen molar-refractivity contribution < 1.29 is 9.53 Å². The lowest BCUT2D eigenvalue weighted by Gasteiger charge is -2.11. The number of aromatic nitrogens is 1. The lowest BCUT2D eigenvalue weighted by molar-refractivity contribution is -0.144. The molecule has 5 heteroatoms. The van der Waals surface area contributed by atoms with Gasteiger partial charge in [0.05, 0.1) is 6.61 Å². The van der Waals surface area contributed by atoms with E-state index in [0.717, 1.165) is 5.56 Å². The van der Waals surface area contributed by atoms with Crippen molar-refractivity contribution in [3.05, 3.63) is 23.9 Å². The van der Waals surface area contributed by atoms with Crippen molar-refractivity contribution in [1.82, 2.24) is 4.98 Å². The fourth-order valence-corrected chi connectivity index (χ4v) is 1.19. The Hall–Kier alpha value is -1.62. The van der Waals surface area contributed by atoms with Gasteiger partial charge in [0.25, 0.3) is 0 Å². The summed E-state index contributed by atoms with van der Waals surface area (Å²) in [5.74, 6) is -0.0157. The molecule has 0 aliphatic carbocycles. The molecule has 1 aromatic rings. The monoisotopic (exact) mass is 209 g/mol. The molecule has 1 rings (SSSR count). The Kier molecular flexibility index (Phi) is 4.05. The molecule has 0 radical (unpaired) electrons. The van der Waals surface area contributed by atoms with E-state index in [2.05, 4.69) is 4.98 Å². The van der Waals surface area contributed by atoms with E-state index in [4.69, 9.17) is 16.2 Å². The zero-order chi connectivity index (χ0) is 11.3. The van der Waals surface area contributed by atoms with Crippen LogP contribution in [-0.2, 0) is 16.0 Å². The molecular weight excluding hydrogens is 194 g/mol. The first-order chi connectivity index (χ1) is 7.15. The van der Waals surface area contributed by atoms with Gasteiger partial charge in [0.15, 0.2) is 0 Å². The third kappa shape index (κ3) is 3.21. The highest BCUT2D eigenvalue weighted by atomic mass is 16.5. The molecule has 0 saturated carbocycles. The standard InChI is InChI=1S/C10H15N3O2/c1-2-15-10(14)8(11)6-7-4-3-5-13-9(7)12/h3-5,8H,2,6,11H2,1H3,(H2,12,13). The second-order valence-corrected chi connectivity index (χ2v) is 3.11. The molecule has 4 N–H and O–H groups in total. The van der Waals surface area contributed by atoms with Crippen LogP contribution in [0.3, 0.4) is 0 Å². The molecule has 0 spiro atoms. The highest BCUT2D eigenvalue weighted by Crippen LogP contribution is 2.09. The smallest absolute Gasteiger partial charge is 0.323 e. The van der Waals surface area contributed by atoms with E-state index in [9.17, 15) is 4.79 Å². The Morgan fingerprint density at radius 1 is 1.67 bits per heavy atom. The Balaban J connectivity index is 2.62. The van der Waals surface area contributed by atoms with Crippen LogP contribution < -0.4 is 11.5 Å². The topological polar surface area (TPSA) is 91.2 Å². The SMILES string of the molecule is CCOC(=O)C(N)Cc1cccnc1N. The fraction of sp³-hybridized carbons (Fsp3) is 0.400. The molecule has 1 unspecified atom stereocenters. The summed E-state index contributed by atoms with van der Waals surface area (Å²) in [6, 6.07) is 2.86. The number of carbonyl (C=O) groups is 1. The Morgan fingerprint density at radius 2 is 2.40 bits per heavy atom. The van der Waals surface area contributed by atoms with Gasteiger partial charge in [-0.2, -0.15) is 0 Å². The second kappa shape index (κ2) is 5.31. The summed E-state index contributed by atoms with van der Waals surface area (Å²) in [6.45, 7) is 2.07. The van der Waals surface area contributed by atoms with Gasteiger partial charge in [-0.3, -0.25) is 4.79 Å². The summed E-state index contributed by atoms with van der Waals surface area (Å²) >= 11 is 0. The largest absolute Gasteiger partial charge is 0.465 e. The number of nitrogens with two attached hydrogens (primary N) is 2. The maximum Gasteiger partial charge on any atom is 0.323 e. The van der Waals surface area contributed by atoms with Gasteiger partial charge in [-0.05, 0) is 18.6 Å². The molecule has 0 aliphatic heterocycles. The predicted octanol–water partition coefficient (Wildman–Crippen LogP) is 0.0967. The van der Waals surface area contributed by atoms with E-state index in [0.29, 0.717) is 18.8 Å². The van der Waals surface area contributed by atoms with Gasteiger partial charge >= 0.3 is 5.97 Å². The van der Waals surface area contributed by atoms with Crippen molar-refractivity contribution in [2.45, 2.75) is 19.4 Å². The summed E-state index contributed by atoms with van der Waals surface area (Å²) in [6.07, 6.45) is 1.94. The number of ether oxygens (including phenoxy) is 1. The minimum Gasteiger partial charge on any atom is -0.465 e. The molecule has 15 heavy (non-hydrogen) atoms. The molecule has 82 valence electrons. The van der Waals surface area contributed by atoms with Crippen LogP contribution in [0.5, 0.6) is 0 Å². The number of anilines is 1. The fourth-order valence-electron chi connectivity index (χ4n) is 1.19. The minimum absolute atomic E-state index is 0.328. The van der Waals surface area contributed by atoms with E-state index in [-0.39, 0.29) is 0 Å². The third-order valence-electron chi connectivity index (χ3n) is 1.96. The van der Waals surface area contributed by atoms with Crippen LogP contribution in [0.4, 0.5) is 5.82 Å². The summed E-state index contributed by atoms with van der Waals surface area (Å²) < 4.78 is 4.79. The van der Waals surface area contributed by atoms with Crippen LogP contribution in [0.1, 0.15) is 12.5 Å². The average Bonchev–Trinajstić information content (AvgIpc) is 2.21. The van der Waals surface area contributed by atoms with Crippen molar-refractivity contribution in [2.75, 3.05) is 12.3 Å². The molecule has 5 nitrogen and oxygen atoms in total. The molecule has 0 bridgehead atoms. The van der Waals surface area contributed by atoms with Gasteiger partial charge < -0.3 is 16.2 Å². The summed E-state index contributed by atoms with van der Waals surface area (Å²) in [4.78, 5) is 15.2. The quantitative estimate of drug-likeness (QED) is 0.686. The van der Waals surface area contributed by atoms with Gasteiger partial charge in [-0.1, -0.05) is 6.07 Å². The molecule has 0 aliphatic rings. The molecular formula is C10H15N3O2. The highest BCUT2D eigenvalue weighted by Gasteiger charge is 2.16. The van der Waals surface area contributed by atoms with E-state index in [1.165, 1.54) is 0 Å². The number of hydrogen-bond donors (Lipinski definition) is 2. The summed E-state index contributed by atoms with van der Waals surface area (Å²) in [5, 5.41) is 0. The summed E-state index contributed by atoms with van der Waals surface area (Å²) in [7, 11) is 0. The van der Waals surface area contributed by atoms with Crippen LogP contribution in [0.2, 0.25) is 0 Å². The number of hydrogen-bond acceptors (Lipinski definition) is 5. The first-order valence-electron chi connectivity index (χ1n) is 4.76. The van der Waals surface area contributed by atoms with Crippen LogP contribution in [-0.4, -0.2) is 23.6 Å². The van der Waals surface area contributed by atoms with Crippen molar-refractivity contribution >= 4 is 11.8 Å². The van der Waals surface area contributed by atoms with Gasteiger partial charge in [0.1, 0.15) is 11.9 Å². The van der Waals surface area contributed by atoms with Crippen molar-refractivity contribution in [1.29, 1.82) is 0 Å². The lowest BCUT2D eigenvalue weighted by Crippen LogP contribution is -2.34. The second-order valence-electron chi connectivity index (χ2n) is 3.11. The first kappa shape index (κ1) is 11.5. The molecule has 1 heterocycles. The number of pyridine rings is 1. The zero-order valence-electron chi connectivity index (χ0n) is 8.64. The van der Waals surface area contributed by atoms with E-state index in [1.54, 1.807) is 25.3 Å². The van der Waals surface area contributed by atoms with Crippen LogP contribution in [0.25, 0.3) is 0 Å². The van der Waals surface area contributed by atoms with Crippen molar-refractivity contribution in [3.63, 3.8) is 0 Å². The number of esters is 1. The minimum atomic E-state index is -0.684. The number of carbonyl (C=O) groups excluding carboxylic acids is 1. The third-order valence-corrected chi connectivity index (χ3v) is 1.96. The number of nitrogen functional groups attached to an aromatic ring is 1. The first-order valence-corrected chi connectivity index (χ1v) is 4.76. The Bertz CT molecular complexity index is 341. The van der Waals surface area contributed by atoms with Gasteiger partial charge in [-0.15, -0.1) is 0 Å². The molecule has 1 atom stereocenters. The van der Waals surface area contributed by atoms with Crippen LogP contribution in [0, 0.1) is 0 Å². The molecule has 0 fully saturated rings. The van der Waals surface area contributed by atoms with E-state index in [1.807, 2.05) is 0 Å². The van der Waals surface area contributed by atoms with Crippen LogP contribution in [0.15, 0.2) is 18.3 Å². The van der Waals surface area contributed by atoms with Crippen molar-refractivity contribution in [2.24, 2.45) is 5.73 Å². The van der Waals surface area contributed by atoms with Crippen molar-refractivity contribution in [3.8, 4) is 0 Å². The van der Waals surface area contributed by atoms with Gasteiger partial charge in [-0.25, -0.2) is 4.98 Å². The molecule has 1 aromatic heterocycles. The molecule has 0 amide bonds. The number of rotatable bonds is 4. The van der Waals surface area contributed by atoms with Crippen LogP contribution >= 0.6 is 0 Å². The molecule has 0 aromatic carbocycles. The highest BCUT2D eigenvalue weighted by molar-refractivity contribution is 5.76. The zero-order valence-corrected chi connectivity index (χ0v) is 8.64. The number of nitrogens with zero attached hydrogens (tertiary/aromatic N) is 1.